The van der Waals surface area contributed by atoms with Gasteiger partial charge < -0.3 is 0 Å². The lowest BCUT2D eigenvalue weighted by Crippen LogP contribution is -1.77. The van der Waals surface area contributed by atoms with Crippen molar-refractivity contribution in [2.24, 2.45) is 0 Å². The maximum Gasteiger partial charge on any atom is 0.158 e. The molecule has 0 aliphatic carbocycles. The zero-order valence-electron chi connectivity index (χ0n) is 11.5. The zero-order chi connectivity index (χ0) is 15.8. The second kappa shape index (κ2) is 6.42. The van der Waals surface area contributed by atoms with Gasteiger partial charge in [0.25, 0.3) is 0 Å². The number of hydrogen-bond donors (Lipinski definition) is 0. The van der Waals surface area contributed by atoms with E-state index in [1.807, 2.05) is 42.5 Å². The van der Waals surface area contributed by atoms with E-state index in [0.29, 0.717) is 5.02 Å². The summed E-state index contributed by atoms with van der Waals surface area (Å²) in [5.74, 6) is 0. The molecule has 0 bridgehead atoms. The predicted molar refractivity (Wildman–Crippen MR) is 101 cm³/mol. The van der Waals surface area contributed by atoms with Crippen molar-refractivity contribution in [1.82, 2.24) is 9.97 Å². The maximum absolute atomic E-state index is 6.01. The highest BCUT2D eigenvalue weighted by Gasteiger charge is 2.10. The van der Waals surface area contributed by atoms with Gasteiger partial charge in [0.1, 0.15) is 0 Å². The number of fused-ring (bicyclic) bond motifs is 1. The van der Waals surface area contributed by atoms with Crippen LogP contribution in [0.15, 0.2) is 56.5 Å². The fourth-order valence-corrected chi connectivity index (χ4v) is 5.42. The van der Waals surface area contributed by atoms with Crippen molar-refractivity contribution in [2.75, 3.05) is 0 Å². The minimum Gasteiger partial charge on any atom is -0.229 e. The molecular formula is C16H8Cl2N2S3. The van der Waals surface area contributed by atoms with E-state index >= 15 is 0 Å². The van der Waals surface area contributed by atoms with E-state index < -0.39 is 0 Å². The highest BCUT2D eigenvalue weighted by molar-refractivity contribution is 8.02. The van der Waals surface area contributed by atoms with E-state index in [9.17, 15) is 0 Å². The molecule has 0 unspecified atom stereocenters. The number of halogens is 2. The lowest BCUT2D eigenvalue weighted by molar-refractivity contribution is 1.23. The molecule has 0 spiro atoms. The summed E-state index contributed by atoms with van der Waals surface area (Å²) < 4.78 is 3.07. The van der Waals surface area contributed by atoms with Crippen LogP contribution in [0.4, 0.5) is 0 Å². The molecule has 0 N–H and O–H groups in total. The van der Waals surface area contributed by atoms with Gasteiger partial charge in [0.15, 0.2) is 8.68 Å². The maximum atomic E-state index is 6.01. The summed E-state index contributed by atoms with van der Waals surface area (Å²) in [7, 11) is 0. The van der Waals surface area contributed by atoms with Crippen LogP contribution in [-0.4, -0.2) is 9.97 Å². The summed E-state index contributed by atoms with van der Waals surface area (Å²) in [6.45, 7) is 0. The molecule has 7 heteroatoms. The molecule has 2 heterocycles. The van der Waals surface area contributed by atoms with E-state index in [1.165, 1.54) is 0 Å². The van der Waals surface area contributed by atoms with Crippen LogP contribution in [0, 0.1) is 0 Å². The third-order valence-corrected chi connectivity index (χ3v) is 6.65. The van der Waals surface area contributed by atoms with Gasteiger partial charge in [-0.05, 0) is 42.1 Å². The lowest BCUT2D eigenvalue weighted by atomic mass is 10.2. The summed E-state index contributed by atoms with van der Waals surface area (Å²) in [6, 6.07) is 13.5. The van der Waals surface area contributed by atoms with Crippen molar-refractivity contribution in [3.8, 4) is 11.3 Å². The first-order valence-corrected chi connectivity index (χ1v) is 9.90. The van der Waals surface area contributed by atoms with Gasteiger partial charge in [-0.2, -0.15) is 0 Å². The number of nitrogens with zero attached hydrogens (tertiary/aromatic N) is 2. The van der Waals surface area contributed by atoms with Crippen molar-refractivity contribution in [3.05, 3.63) is 57.9 Å². The largest absolute Gasteiger partial charge is 0.229 e. The standard InChI is InChI=1S/C16H8Cl2N2S3/c17-10-3-1-9(2-4-10)13-8-21-15(20-13)23-16-19-12-7-11(18)5-6-14(12)22-16/h1-8H. The topological polar surface area (TPSA) is 25.8 Å². The van der Waals surface area contributed by atoms with Crippen molar-refractivity contribution >= 4 is 67.9 Å². The molecule has 2 aromatic heterocycles. The number of hydrogen-bond acceptors (Lipinski definition) is 5. The Morgan fingerprint density at radius 1 is 0.870 bits per heavy atom. The molecule has 114 valence electrons. The number of thiazole rings is 2. The molecular weight excluding hydrogens is 387 g/mol. The van der Waals surface area contributed by atoms with E-state index in [2.05, 4.69) is 15.3 Å². The average molecular weight is 395 g/mol. The summed E-state index contributed by atoms with van der Waals surface area (Å²) in [6.07, 6.45) is 0. The van der Waals surface area contributed by atoms with E-state index in [-0.39, 0.29) is 0 Å². The molecule has 0 fully saturated rings. The Balaban J connectivity index is 1.60. The van der Waals surface area contributed by atoms with Gasteiger partial charge in [-0.15, -0.1) is 22.7 Å². The summed E-state index contributed by atoms with van der Waals surface area (Å²) in [5.41, 5.74) is 2.95. The Labute approximate surface area is 155 Å². The number of benzene rings is 2. The van der Waals surface area contributed by atoms with E-state index in [1.54, 1.807) is 34.4 Å². The summed E-state index contributed by atoms with van der Waals surface area (Å²) in [4.78, 5) is 9.28. The van der Waals surface area contributed by atoms with Crippen LogP contribution >= 0.6 is 57.6 Å². The van der Waals surface area contributed by atoms with Crippen LogP contribution in [0.2, 0.25) is 10.0 Å². The second-order valence-corrected chi connectivity index (χ2v) is 8.96. The smallest absolute Gasteiger partial charge is 0.158 e. The molecule has 23 heavy (non-hydrogen) atoms. The summed E-state index contributed by atoms with van der Waals surface area (Å²) >= 11 is 16.8. The Morgan fingerprint density at radius 2 is 1.65 bits per heavy atom. The molecule has 0 aliphatic rings. The zero-order valence-corrected chi connectivity index (χ0v) is 15.5. The van der Waals surface area contributed by atoms with E-state index in [4.69, 9.17) is 23.2 Å². The Hall–Kier alpha value is -1.11. The van der Waals surface area contributed by atoms with E-state index in [0.717, 1.165) is 35.2 Å². The second-order valence-electron chi connectivity index (χ2n) is 4.70. The normalized spacial score (nSPS) is 11.2. The van der Waals surface area contributed by atoms with Crippen LogP contribution in [0.25, 0.3) is 21.5 Å². The molecule has 0 radical (unpaired) electrons. The van der Waals surface area contributed by atoms with Gasteiger partial charge in [-0.1, -0.05) is 35.3 Å². The molecule has 0 saturated heterocycles. The lowest BCUT2D eigenvalue weighted by Gasteiger charge is -1.96. The molecule has 0 aliphatic heterocycles. The Morgan fingerprint density at radius 3 is 2.48 bits per heavy atom. The highest BCUT2D eigenvalue weighted by Crippen LogP contribution is 2.37. The van der Waals surface area contributed by atoms with Crippen LogP contribution in [0.1, 0.15) is 0 Å². The van der Waals surface area contributed by atoms with Crippen molar-refractivity contribution in [2.45, 2.75) is 8.68 Å². The predicted octanol–water partition coefficient (Wildman–Crippen LogP) is 6.88. The van der Waals surface area contributed by atoms with Gasteiger partial charge in [-0.3, -0.25) is 0 Å². The van der Waals surface area contributed by atoms with Crippen molar-refractivity contribution < 1.29 is 0 Å². The average Bonchev–Trinajstić information content (AvgIpc) is 3.14. The Bertz CT molecular complexity index is 977. The molecule has 0 amide bonds. The molecule has 4 rings (SSSR count). The van der Waals surface area contributed by atoms with Gasteiger partial charge in [0.2, 0.25) is 0 Å². The van der Waals surface area contributed by atoms with Crippen molar-refractivity contribution in [3.63, 3.8) is 0 Å². The summed E-state index contributed by atoms with van der Waals surface area (Å²) in [5, 5.41) is 3.49. The minimum atomic E-state index is 0.707. The highest BCUT2D eigenvalue weighted by atomic mass is 35.5. The van der Waals surface area contributed by atoms with Gasteiger partial charge in [0, 0.05) is 21.0 Å². The first-order chi connectivity index (χ1) is 11.2. The molecule has 2 aromatic carbocycles. The van der Waals surface area contributed by atoms with Crippen LogP contribution in [-0.2, 0) is 0 Å². The molecule has 0 saturated carbocycles. The van der Waals surface area contributed by atoms with Gasteiger partial charge in [-0.25, -0.2) is 9.97 Å². The molecule has 0 atom stereocenters. The SMILES string of the molecule is Clc1ccc(-c2csc(Sc3nc4cc(Cl)ccc4s3)n2)cc1. The quantitative estimate of drug-likeness (QED) is 0.378. The van der Waals surface area contributed by atoms with Crippen LogP contribution in [0.5, 0.6) is 0 Å². The van der Waals surface area contributed by atoms with Crippen LogP contribution < -0.4 is 0 Å². The number of aromatic nitrogens is 2. The van der Waals surface area contributed by atoms with Crippen LogP contribution in [0.3, 0.4) is 0 Å². The first kappa shape index (κ1) is 15.4. The Kier molecular flexibility index (Phi) is 4.30. The monoisotopic (exact) mass is 394 g/mol. The number of rotatable bonds is 3. The molecule has 4 aromatic rings. The fourth-order valence-electron chi connectivity index (χ4n) is 2.06. The van der Waals surface area contributed by atoms with Gasteiger partial charge >= 0.3 is 0 Å². The molecule has 2 nitrogen and oxygen atoms in total. The third-order valence-electron chi connectivity index (χ3n) is 3.13. The van der Waals surface area contributed by atoms with Crippen molar-refractivity contribution in [1.29, 1.82) is 0 Å². The minimum absolute atomic E-state index is 0.707. The fraction of sp³-hybridized carbons (Fsp3) is 0. The first-order valence-electron chi connectivity index (χ1n) is 6.63. The van der Waals surface area contributed by atoms with Gasteiger partial charge in [0.05, 0.1) is 15.9 Å². The third kappa shape index (κ3) is 3.39.